The molecule has 1 aliphatic heterocycles. The van der Waals surface area contributed by atoms with Gasteiger partial charge >= 0.3 is 0 Å². The summed E-state index contributed by atoms with van der Waals surface area (Å²) in [4.78, 5) is 26.8. The predicted molar refractivity (Wildman–Crippen MR) is 93.2 cm³/mol. The lowest BCUT2D eigenvalue weighted by atomic mass is 9.95. The smallest absolute Gasteiger partial charge is 0.254 e. The maximum Gasteiger partial charge on any atom is 0.254 e. The number of carbonyl (C=O) groups is 2. The van der Waals surface area contributed by atoms with Gasteiger partial charge in [-0.2, -0.15) is 0 Å². The Morgan fingerprint density at radius 1 is 1.04 bits per heavy atom. The molecule has 1 saturated carbocycles. The molecule has 1 aromatic rings. The number of halogens is 1. The summed E-state index contributed by atoms with van der Waals surface area (Å²) in [6.07, 6.45) is 6.20. The van der Waals surface area contributed by atoms with Crippen LogP contribution in [0.5, 0.6) is 0 Å². The molecule has 0 atom stereocenters. The number of hydrogen-bond donors (Lipinski definition) is 1. The SMILES string of the molecule is O=C(NC1CCCC1)C1CCN(C(=O)c2ccccc2Br)CC1. The van der Waals surface area contributed by atoms with Crippen LogP contribution in [0.15, 0.2) is 28.7 Å². The molecule has 0 aromatic heterocycles. The Morgan fingerprint density at radius 2 is 1.70 bits per heavy atom. The van der Waals surface area contributed by atoms with Crippen molar-refractivity contribution in [3.05, 3.63) is 34.3 Å². The van der Waals surface area contributed by atoms with Gasteiger partial charge in [0.05, 0.1) is 5.56 Å². The molecule has 124 valence electrons. The quantitative estimate of drug-likeness (QED) is 0.876. The number of rotatable bonds is 3. The summed E-state index contributed by atoms with van der Waals surface area (Å²) in [5.41, 5.74) is 0.696. The minimum Gasteiger partial charge on any atom is -0.353 e. The number of likely N-dealkylation sites (tertiary alicyclic amines) is 1. The van der Waals surface area contributed by atoms with Crippen LogP contribution in [-0.2, 0) is 4.79 Å². The zero-order valence-electron chi connectivity index (χ0n) is 13.3. The van der Waals surface area contributed by atoms with Crippen LogP contribution >= 0.6 is 15.9 Å². The number of amides is 2. The van der Waals surface area contributed by atoms with Crippen molar-refractivity contribution in [3.63, 3.8) is 0 Å². The third kappa shape index (κ3) is 3.94. The molecule has 1 heterocycles. The molecule has 0 unspecified atom stereocenters. The number of nitrogens with zero attached hydrogens (tertiary/aromatic N) is 1. The Morgan fingerprint density at radius 3 is 2.35 bits per heavy atom. The van der Waals surface area contributed by atoms with Crippen LogP contribution in [0.4, 0.5) is 0 Å². The van der Waals surface area contributed by atoms with Crippen molar-refractivity contribution in [1.29, 1.82) is 0 Å². The summed E-state index contributed by atoms with van der Waals surface area (Å²) in [5.74, 6) is 0.288. The lowest BCUT2D eigenvalue weighted by Crippen LogP contribution is -2.44. The van der Waals surface area contributed by atoms with Crippen molar-refractivity contribution in [3.8, 4) is 0 Å². The van der Waals surface area contributed by atoms with E-state index in [1.165, 1.54) is 12.8 Å². The van der Waals surface area contributed by atoms with Crippen molar-refractivity contribution in [1.82, 2.24) is 10.2 Å². The average Bonchev–Trinajstić information content (AvgIpc) is 3.08. The standard InChI is InChI=1S/C18H23BrN2O2/c19-16-8-4-3-7-15(16)18(23)21-11-9-13(10-12-21)17(22)20-14-5-1-2-6-14/h3-4,7-8,13-14H,1-2,5-6,9-12H2,(H,20,22). The van der Waals surface area contributed by atoms with Gasteiger partial charge in [0.15, 0.2) is 0 Å². The van der Waals surface area contributed by atoms with Crippen molar-refractivity contribution in [2.24, 2.45) is 5.92 Å². The molecule has 23 heavy (non-hydrogen) atoms. The van der Waals surface area contributed by atoms with Crippen LogP contribution in [0, 0.1) is 5.92 Å². The molecule has 1 saturated heterocycles. The number of carbonyl (C=O) groups excluding carboxylic acids is 2. The van der Waals surface area contributed by atoms with Gasteiger partial charge < -0.3 is 10.2 Å². The Labute approximate surface area is 145 Å². The Bertz CT molecular complexity index is 576. The molecule has 0 bridgehead atoms. The second-order valence-corrected chi connectivity index (χ2v) is 7.39. The van der Waals surface area contributed by atoms with E-state index < -0.39 is 0 Å². The minimum atomic E-state index is 0.0483. The summed E-state index contributed by atoms with van der Waals surface area (Å²) in [7, 11) is 0. The molecule has 5 heteroatoms. The van der Waals surface area contributed by atoms with Gasteiger partial charge in [0.1, 0.15) is 0 Å². The monoisotopic (exact) mass is 378 g/mol. The summed E-state index contributed by atoms with van der Waals surface area (Å²) in [5, 5.41) is 3.18. The summed E-state index contributed by atoms with van der Waals surface area (Å²) in [6.45, 7) is 1.31. The molecular formula is C18H23BrN2O2. The summed E-state index contributed by atoms with van der Waals surface area (Å²) < 4.78 is 0.825. The first-order chi connectivity index (χ1) is 11.1. The van der Waals surface area contributed by atoms with Crippen LogP contribution < -0.4 is 5.32 Å². The Balaban J connectivity index is 1.52. The van der Waals surface area contributed by atoms with Gasteiger partial charge in [0, 0.05) is 29.5 Å². The van der Waals surface area contributed by atoms with E-state index >= 15 is 0 Å². The fourth-order valence-corrected chi connectivity index (χ4v) is 3.99. The molecule has 0 radical (unpaired) electrons. The van der Waals surface area contributed by atoms with Crippen molar-refractivity contribution < 1.29 is 9.59 Å². The molecule has 4 nitrogen and oxygen atoms in total. The molecule has 0 spiro atoms. The summed E-state index contributed by atoms with van der Waals surface area (Å²) in [6, 6.07) is 7.88. The van der Waals surface area contributed by atoms with E-state index in [1.54, 1.807) is 0 Å². The summed E-state index contributed by atoms with van der Waals surface area (Å²) >= 11 is 3.44. The first-order valence-corrected chi connectivity index (χ1v) is 9.28. The van der Waals surface area contributed by atoms with Crippen molar-refractivity contribution in [2.45, 2.75) is 44.6 Å². The zero-order valence-corrected chi connectivity index (χ0v) is 14.8. The van der Waals surface area contributed by atoms with Gasteiger partial charge in [-0.25, -0.2) is 0 Å². The van der Waals surface area contributed by atoms with Crippen LogP contribution in [0.25, 0.3) is 0 Å². The second kappa shape index (κ2) is 7.47. The lowest BCUT2D eigenvalue weighted by Gasteiger charge is -2.32. The van der Waals surface area contributed by atoms with Gasteiger partial charge in [0.25, 0.3) is 5.91 Å². The highest BCUT2D eigenvalue weighted by atomic mass is 79.9. The van der Waals surface area contributed by atoms with Gasteiger partial charge in [-0.3, -0.25) is 9.59 Å². The molecule has 2 amide bonds. The molecule has 1 aromatic carbocycles. The number of nitrogens with one attached hydrogen (secondary N) is 1. The largest absolute Gasteiger partial charge is 0.353 e. The van der Waals surface area contributed by atoms with E-state index in [-0.39, 0.29) is 17.7 Å². The van der Waals surface area contributed by atoms with Crippen LogP contribution in [0.1, 0.15) is 48.9 Å². The highest BCUT2D eigenvalue weighted by Gasteiger charge is 2.29. The lowest BCUT2D eigenvalue weighted by molar-refractivity contribution is -0.127. The van der Waals surface area contributed by atoms with Gasteiger partial charge in [0.2, 0.25) is 5.91 Å². The molecule has 1 aliphatic carbocycles. The molecule has 3 rings (SSSR count). The second-order valence-electron chi connectivity index (χ2n) is 6.54. The average molecular weight is 379 g/mol. The van der Waals surface area contributed by atoms with E-state index in [1.807, 2.05) is 29.2 Å². The van der Waals surface area contributed by atoms with Crippen molar-refractivity contribution in [2.75, 3.05) is 13.1 Å². The van der Waals surface area contributed by atoms with Gasteiger partial charge in [-0.05, 0) is 53.7 Å². The van der Waals surface area contributed by atoms with E-state index in [4.69, 9.17) is 0 Å². The van der Waals surface area contributed by atoms with E-state index in [9.17, 15) is 9.59 Å². The van der Waals surface area contributed by atoms with E-state index in [2.05, 4.69) is 21.2 Å². The molecular weight excluding hydrogens is 356 g/mol. The molecule has 2 fully saturated rings. The normalized spacial score (nSPS) is 19.8. The fraction of sp³-hybridized carbons (Fsp3) is 0.556. The van der Waals surface area contributed by atoms with E-state index in [0.29, 0.717) is 24.7 Å². The van der Waals surface area contributed by atoms with Crippen LogP contribution in [-0.4, -0.2) is 35.8 Å². The highest BCUT2D eigenvalue weighted by molar-refractivity contribution is 9.10. The number of benzene rings is 1. The number of piperidine rings is 1. The predicted octanol–water partition coefficient (Wildman–Crippen LogP) is 3.36. The first kappa shape index (κ1) is 16.5. The van der Waals surface area contributed by atoms with Crippen LogP contribution in [0.2, 0.25) is 0 Å². The Hall–Kier alpha value is -1.36. The Kier molecular flexibility index (Phi) is 5.36. The zero-order chi connectivity index (χ0) is 16.2. The van der Waals surface area contributed by atoms with Crippen molar-refractivity contribution >= 4 is 27.7 Å². The van der Waals surface area contributed by atoms with Gasteiger partial charge in [-0.1, -0.05) is 25.0 Å². The minimum absolute atomic E-state index is 0.0483. The third-order valence-electron chi connectivity index (χ3n) is 4.96. The maximum absolute atomic E-state index is 12.6. The molecule has 2 aliphatic rings. The van der Waals surface area contributed by atoms with Crippen LogP contribution in [0.3, 0.4) is 0 Å². The van der Waals surface area contributed by atoms with E-state index in [0.717, 1.165) is 30.2 Å². The maximum atomic E-state index is 12.6. The van der Waals surface area contributed by atoms with Gasteiger partial charge in [-0.15, -0.1) is 0 Å². The third-order valence-corrected chi connectivity index (χ3v) is 5.65. The highest BCUT2D eigenvalue weighted by Crippen LogP contribution is 2.24. The number of hydrogen-bond acceptors (Lipinski definition) is 2. The first-order valence-electron chi connectivity index (χ1n) is 8.49. The topological polar surface area (TPSA) is 49.4 Å². The molecule has 1 N–H and O–H groups in total. The fourth-order valence-electron chi connectivity index (χ4n) is 3.54.